The highest BCUT2D eigenvalue weighted by atomic mass is 16.3. The molecule has 0 unspecified atom stereocenters. The minimum absolute atomic E-state index is 0.0149. The monoisotopic (exact) mass is 347 g/mol. The molecule has 1 aromatic rings. The third-order valence-corrected chi connectivity index (χ3v) is 5.32. The van der Waals surface area contributed by atoms with Crippen molar-refractivity contribution in [1.29, 1.82) is 0 Å². The Balaban J connectivity index is 1.32. The SMILES string of the molecule is O=C(CN1CCC(NC(=O)C2CCCCC2)CC1)NCc1ccco1. The molecule has 25 heavy (non-hydrogen) atoms. The van der Waals surface area contributed by atoms with Crippen LogP contribution >= 0.6 is 0 Å². The molecule has 2 aliphatic rings. The van der Waals surface area contributed by atoms with Crippen LogP contribution in [0.25, 0.3) is 0 Å². The van der Waals surface area contributed by atoms with Crippen molar-refractivity contribution in [3.8, 4) is 0 Å². The summed E-state index contributed by atoms with van der Waals surface area (Å²) in [5.41, 5.74) is 0. The summed E-state index contributed by atoms with van der Waals surface area (Å²) < 4.78 is 5.21. The number of amides is 2. The Bertz CT molecular complexity index is 544. The van der Waals surface area contributed by atoms with Crippen LogP contribution in [0.3, 0.4) is 0 Å². The molecule has 0 spiro atoms. The lowest BCUT2D eigenvalue weighted by molar-refractivity contribution is -0.127. The van der Waals surface area contributed by atoms with E-state index in [1.165, 1.54) is 19.3 Å². The third kappa shape index (κ3) is 5.59. The lowest BCUT2D eigenvalue weighted by Gasteiger charge is -2.33. The summed E-state index contributed by atoms with van der Waals surface area (Å²) in [5, 5.41) is 6.10. The molecule has 1 aliphatic carbocycles. The molecule has 6 heteroatoms. The van der Waals surface area contributed by atoms with Crippen LogP contribution < -0.4 is 10.6 Å². The van der Waals surface area contributed by atoms with E-state index < -0.39 is 0 Å². The second kappa shape index (κ2) is 9.04. The molecule has 2 heterocycles. The second-order valence-electron chi connectivity index (χ2n) is 7.25. The fourth-order valence-electron chi connectivity index (χ4n) is 3.78. The first-order chi connectivity index (χ1) is 12.2. The number of nitrogens with one attached hydrogen (secondary N) is 2. The Hall–Kier alpha value is -1.82. The number of rotatable bonds is 6. The zero-order chi connectivity index (χ0) is 17.5. The molecule has 1 saturated heterocycles. The van der Waals surface area contributed by atoms with Gasteiger partial charge in [0.05, 0.1) is 19.4 Å². The maximum absolute atomic E-state index is 12.3. The van der Waals surface area contributed by atoms with Crippen molar-refractivity contribution >= 4 is 11.8 Å². The number of carbonyl (C=O) groups is 2. The standard InChI is InChI=1S/C19H29N3O3/c23-18(20-13-17-7-4-12-25-17)14-22-10-8-16(9-11-22)21-19(24)15-5-2-1-3-6-15/h4,7,12,15-16H,1-3,5-6,8-11,13-14H2,(H,20,23)(H,21,24). The van der Waals surface area contributed by atoms with E-state index in [0.29, 0.717) is 13.1 Å². The molecule has 0 aromatic carbocycles. The van der Waals surface area contributed by atoms with Crippen LogP contribution in [0.5, 0.6) is 0 Å². The molecule has 0 bridgehead atoms. The zero-order valence-corrected chi connectivity index (χ0v) is 14.8. The number of nitrogens with zero attached hydrogens (tertiary/aromatic N) is 1. The molecule has 1 saturated carbocycles. The summed E-state index contributed by atoms with van der Waals surface area (Å²) in [6.07, 6.45) is 9.17. The van der Waals surface area contributed by atoms with Gasteiger partial charge in [-0.3, -0.25) is 14.5 Å². The molecule has 0 radical (unpaired) electrons. The summed E-state index contributed by atoms with van der Waals surface area (Å²) in [6, 6.07) is 3.92. The highest BCUT2D eigenvalue weighted by Gasteiger charge is 2.26. The van der Waals surface area contributed by atoms with Gasteiger partial charge in [0, 0.05) is 25.0 Å². The second-order valence-corrected chi connectivity index (χ2v) is 7.25. The summed E-state index contributed by atoms with van der Waals surface area (Å²) in [5.74, 6) is 1.24. The highest BCUT2D eigenvalue weighted by molar-refractivity contribution is 5.79. The minimum atomic E-state index is 0.0149. The Labute approximate surface area is 149 Å². The fraction of sp³-hybridized carbons (Fsp3) is 0.684. The van der Waals surface area contributed by atoms with Crippen molar-refractivity contribution in [2.24, 2.45) is 5.92 Å². The van der Waals surface area contributed by atoms with Crippen LogP contribution in [0, 0.1) is 5.92 Å². The van der Waals surface area contributed by atoms with E-state index in [0.717, 1.165) is 44.5 Å². The van der Waals surface area contributed by atoms with Crippen LogP contribution in [0.15, 0.2) is 22.8 Å². The van der Waals surface area contributed by atoms with E-state index in [-0.39, 0.29) is 23.8 Å². The van der Waals surface area contributed by atoms with Crippen LogP contribution in [-0.4, -0.2) is 42.4 Å². The third-order valence-electron chi connectivity index (χ3n) is 5.32. The highest BCUT2D eigenvalue weighted by Crippen LogP contribution is 2.24. The van der Waals surface area contributed by atoms with Gasteiger partial charge in [0.15, 0.2) is 0 Å². The molecule has 2 amide bonds. The van der Waals surface area contributed by atoms with Gasteiger partial charge in [-0.15, -0.1) is 0 Å². The van der Waals surface area contributed by atoms with E-state index in [9.17, 15) is 9.59 Å². The van der Waals surface area contributed by atoms with Crippen LogP contribution in [0.2, 0.25) is 0 Å². The van der Waals surface area contributed by atoms with Crippen molar-refractivity contribution in [2.45, 2.75) is 57.5 Å². The molecule has 1 aliphatic heterocycles. The Morgan fingerprint density at radius 1 is 1.12 bits per heavy atom. The number of piperidine rings is 1. The van der Waals surface area contributed by atoms with Crippen LogP contribution in [0.4, 0.5) is 0 Å². The number of hydrogen-bond donors (Lipinski definition) is 2. The van der Waals surface area contributed by atoms with E-state index in [2.05, 4.69) is 15.5 Å². The minimum Gasteiger partial charge on any atom is -0.467 e. The first kappa shape index (κ1) is 18.0. The summed E-state index contributed by atoms with van der Waals surface area (Å²) >= 11 is 0. The number of carbonyl (C=O) groups excluding carboxylic acids is 2. The fourth-order valence-corrected chi connectivity index (χ4v) is 3.78. The smallest absolute Gasteiger partial charge is 0.234 e. The van der Waals surface area contributed by atoms with Crippen LogP contribution in [0.1, 0.15) is 50.7 Å². The van der Waals surface area contributed by atoms with Crippen molar-refractivity contribution in [3.63, 3.8) is 0 Å². The molecule has 138 valence electrons. The zero-order valence-electron chi connectivity index (χ0n) is 14.8. The lowest BCUT2D eigenvalue weighted by Crippen LogP contribution is -2.48. The molecule has 6 nitrogen and oxygen atoms in total. The lowest BCUT2D eigenvalue weighted by atomic mass is 9.88. The largest absolute Gasteiger partial charge is 0.467 e. The summed E-state index contributed by atoms with van der Waals surface area (Å²) in [7, 11) is 0. The molecule has 2 fully saturated rings. The number of likely N-dealkylation sites (tertiary alicyclic amines) is 1. The average Bonchev–Trinajstić information content (AvgIpc) is 3.16. The predicted molar refractivity (Wildman–Crippen MR) is 94.7 cm³/mol. The molecular formula is C19H29N3O3. The number of furan rings is 1. The van der Waals surface area contributed by atoms with Gasteiger partial charge >= 0.3 is 0 Å². The van der Waals surface area contributed by atoms with E-state index in [4.69, 9.17) is 4.42 Å². The van der Waals surface area contributed by atoms with Gasteiger partial charge in [-0.25, -0.2) is 0 Å². The molecule has 2 N–H and O–H groups in total. The van der Waals surface area contributed by atoms with Gasteiger partial charge in [-0.05, 0) is 37.8 Å². The maximum Gasteiger partial charge on any atom is 0.234 e. The van der Waals surface area contributed by atoms with Crippen LogP contribution in [-0.2, 0) is 16.1 Å². The van der Waals surface area contributed by atoms with Gasteiger partial charge in [0.1, 0.15) is 5.76 Å². The normalized spacial score (nSPS) is 20.3. The van der Waals surface area contributed by atoms with Crippen molar-refractivity contribution in [2.75, 3.05) is 19.6 Å². The summed E-state index contributed by atoms with van der Waals surface area (Å²) in [6.45, 7) is 2.54. The van der Waals surface area contributed by atoms with Crippen molar-refractivity contribution < 1.29 is 14.0 Å². The predicted octanol–water partition coefficient (Wildman–Crippen LogP) is 2.06. The van der Waals surface area contributed by atoms with E-state index in [1.54, 1.807) is 6.26 Å². The molecule has 1 aromatic heterocycles. The maximum atomic E-state index is 12.3. The van der Waals surface area contributed by atoms with Gasteiger partial charge in [-0.2, -0.15) is 0 Å². The van der Waals surface area contributed by atoms with E-state index in [1.807, 2.05) is 12.1 Å². The first-order valence-electron chi connectivity index (χ1n) is 9.52. The Morgan fingerprint density at radius 2 is 1.88 bits per heavy atom. The number of hydrogen-bond acceptors (Lipinski definition) is 4. The molecular weight excluding hydrogens is 318 g/mol. The van der Waals surface area contributed by atoms with Crippen molar-refractivity contribution in [1.82, 2.24) is 15.5 Å². The average molecular weight is 347 g/mol. The first-order valence-corrected chi connectivity index (χ1v) is 9.52. The molecule has 0 atom stereocenters. The van der Waals surface area contributed by atoms with Gasteiger partial charge < -0.3 is 15.1 Å². The topological polar surface area (TPSA) is 74.6 Å². The van der Waals surface area contributed by atoms with Crippen molar-refractivity contribution in [3.05, 3.63) is 24.2 Å². The Kier molecular flexibility index (Phi) is 6.50. The molecule has 3 rings (SSSR count). The van der Waals surface area contributed by atoms with Gasteiger partial charge in [-0.1, -0.05) is 19.3 Å². The van der Waals surface area contributed by atoms with Gasteiger partial charge in [0.2, 0.25) is 11.8 Å². The quantitative estimate of drug-likeness (QED) is 0.826. The summed E-state index contributed by atoms with van der Waals surface area (Å²) in [4.78, 5) is 26.5. The Morgan fingerprint density at radius 3 is 2.56 bits per heavy atom. The van der Waals surface area contributed by atoms with E-state index >= 15 is 0 Å². The van der Waals surface area contributed by atoms with Gasteiger partial charge in [0.25, 0.3) is 0 Å².